The van der Waals surface area contributed by atoms with Crippen molar-refractivity contribution >= 4 is 0 Å². The molecule has 3 unspecified atom stereocenters. The third-order valence-corrected chi connectivity index (χ3v) is 4.71. The molecule has 1 aliphatic rings. The maximum Gasteiger partial charge on any atom is 0.120 e. The molecule has 0 amide bonds. The van der Waals surface area contributed by atoms with Gasteiger partial charge in [-0.2, -0.15) is 0 Å². The first-order valence-corrected chi connectivity index (χ1v) is 8.56. The number of hydrogen-bond donors (Lipinski definition) is 1. The molecule has 0 saturated heterocycles. The summed E-state index contributed by atoms with van der Waals surface area (Å²) in [7, 11) is 0. The van der Waals surface area contributed by atoms with Crippen LogP contribution in [0.5, 0.6) is 5.75 Å². The van der Waals surface area contributed by atoms with Gasteiger partial charge in [0.1, 0.15) is 11.9 Å². The molecule has 21 heavy (non-hydrogen) atoms. The van der Waals surface area contributed by atoms with Gasteiger partial charge in [-0.05, 0) is 68.7 Å². The lowest BCUT2D eigenvalue weighted by Crippen LogP contribution is -2.48. The summed E-state index contributed by atoms with van der Waals surface area (Å²) in [5, 5.41) is 3.69. The minimum atomic E-state index is 0.305. The highest BCUT2D eigenvalue weighted by atomic mass is 16.5. The predicted octanol–water partition coefficient (Wildman–Crippen LogP) is 4.57. The first-order valence-electron chi connectivity index (χ1n) is 8.56. The second-order valence-corrected chi connectivity index (χ2v) is 6.85. The first-order chi connectivity index (χ1) is 10.1. The van der Waals surface area contributed by atoms with Gasteiger partial charge >= 0.3 is 0 Å². The van der Waals surface area contributed by atoms with Crippen molar-refractivity contribution < 1.29 is 4.74 Å². The quantitative estimate of drug-likeness (QED) is 0.828. The summed E-state index contributed by atoms with van der Waals surface area (Å²) < 4.78 is 6.36. The Balaban J connectivity index is 2.05. The van der Waals surface area contributed by atoms with Gasteiger partial charge in [0, 0.05) is 6.04 Å². The molecule has 0 bridgehead atoms. The normalized spacial score (nSPS) is 26.0. The average Bonchev–Trinajstić information content (AvgIpc) is 2.46. The zero-order valence-electron chi connectivity index (χ0n) is 14.1. The summed E-state index contributed by atoms with van der Waals surface area (Å²) in [6.07, 6.45) is 5.22. The second kappa shape index (κ2) is 7.84. The van der Waals surface area contributed by atoms with Crippen LogP contribution in [-0.4, -0.2) is 18.7 Å². The van der Waals surface area contributed by atoms with Crippen molar-refractivity contribution in [2.75, 3.05) is 6.54 Å². The van der Waals surface area contributed by atoms with E-state index in [0.717, 1.165) is 24.1 Å². The summed E-state index contributed by atoms with van der Waals surface area (Å²) in [4.78, 5) is 0. The van der Waals surface area contributed by atoms with Crippen LogP contribution in [0, 0.1) is 18.8 Å². The Hall–Kier alpha value is -1.02. The summed E-state index contributed by atoms with van der Waals surface area (Å²) in [6.45, 7) is 10.1. The monoisotopic (exact) mass is 289 g/mol. The molecular formula is C19H31NO. The molecule has 1 aromatic rings. The van der Waals surface area contributed by atoms with Crippen molar-refractivity contribution in [1.29, 1.82) is 0 Å². The molecule has 1 aliphatic carbocycles. The van der Waals surface area contributed by atoms with E-state index < -0.39 is 0 Å². The smallest absolute Gasteiger partial charge is 0.120 e. The highest BCUT2D eigenvalue weighted by Crippen LogP contribution is 2.32. The van der Waals surface area contributed by atoms with Crippen LogP contribution < -0.4 is 10.1 Å². The Morgan fingerprint density at radius 1 is 1.29 bits per heavy atom. The van der Waals surface area contributed by atoms with Gasteiger partial charge in [0.05, 0.1) is 0 Å². The molecule has 2 nitrogen and oxygen atoms in total. The number of aryl methyl sites for hydroxylation is 1. The molecule has 1 saturated carbocycles. The van der Waals surface area contributed by atoms with Crippen LogP contribution in [-0.2, 0) is 0 Å². The lowest BCUT2D eigenvalue weighted by atomic mass is 9.78. The summed E-state index contributed by atoms with van der Waals surface area (Å²) in [5.41, 5.74) is 1.27. The molecule has 1 fully saturated rings. The zero-order valence-corrected chi connectivity index (χ0v) is 14.1. The van der Waals surface area contributed by atoms with Gasteiger partial charge in [0.15, 0.2) is 0 Å². The number of benzene rings is 1. The van der Waals surface area contributed by atoms with E-state index in [9.17, 15) is 0 Å². The molecule has 2 rings (SSSR count). The summed E-state index contributed by atoms with van der Waals surface area (Å²) >= 11 is 0. The standard InChI is InChI=1S/C19H31NO/c1-5-11-20-18-10-9-16(14(2)3)13-19(18)21-17-8-6-7-15(4)12-17/h6-8,12,14,16,18-20H,5,9-11,13H2,1-4H3. The van der Waals surface area contributed by atoms with Crippen LogP contribution in [0.4, 0.5) is 0 Å². The Kier molecular flexibility index (Phi) is 6.10. The van der Waals surface area contributed by atoms with E-state index >= 15 is 0 Å². The fourth-order valence-electron chi connectivity index (χ4n) is 3.32. The minimum Gasteiger partial charge on any atom is -0.489 e. The number of nitrogens with one attached hydrogen (secondary N) is 1. The van der Waals surface area contributed by atoms with Crippen LogP contribution in [0.3, 0.4) is 0 Å². The average molecular weight is 289 g/mol. The van der Waals surface area contributed by atoms with Crippen molar-refractivity contribution in [3.05, 3.63) is 29.8 Å². The maximum atomic E-state index is 6.36. The lowest BCUT2D eigenvalue weighted by Gasteiger charge is -2.38. The Morgan fingerprint density at radius 3 is 2.76 bits per heavy atom. The van der Waals surface area contributed by atoms with E-state index in [-0.39, 0.29) is 0 Å². The van der Waals surface area contributed by atoms with Gasteiger partial charge in [-0.15, -0.1) is 0 Å². The van der Waals surface area contributed by atoms with Gasteiger partial charge < -0.3 is 10.1 Å². The zero-order chi connectivity index (χ0) is 15.2. The van der Waals surface area contributed by atoms with E-state index in [4.69, 9.17) is 4.74 Å². The topological polar surface area (TPSA) is 21.3 Å². The SMILES string of the molecule is CCCNC1CCC(C(C)C)CC1Oc1cccc(C)c1. The van der Waals surface area contributed by atoms with Gasteiger partial charge in [0.2, 0.25) is 0 Å². The van der Waals surface area contributed by atoms with Crippen molar-refractivity contribution in [3.63, 3.8) is 0 Å². The van der Waals surface area contributed by atoms with Crippen molar-refractivity contribution in [2.45, 2.75) is 65.5 Å². The van der Waals surface area contributed by atoms with Crippen molar-refractivity contribution in [3.8, 4) is 5.75 Å². The van der Waals surface area contributed by atoms with Crippen LogP contribution >= 0.6 is 0 Å². The van der Waals surface area contributed by atoms with E-state index in [1.165, 1.54) is 31.2 Å². The molecular weight excluding hydrogens is 258 g/mol. The van der Waals surface area contributed by atoms with Crippen molar-refractivity contribution in [2.24, 2.45) is 11.8 Å². The van der Waals surface area contributed by atoms with Gasteiger partial charge in [-0.3, -0.25) is 0 Å². The van der Waals surface area contributed by atoms with Crippen molar-refractivity contribution in [1.82, 2.24) is 5.32 Å². The van der Waals surface area contributed by atoms with E-state index in [0.29, 0.717) is 12.1 Å². The predicted molar refractivity (Wildman–Crippen MR) is 89.9 cm³/mol. The minimum absolute atomic E-state index is 0.305. The molecule has 2 heteroatoms. The third kappa shape index (κ3) is 4.74. The highest BCUT2D eigenvalue weighted by molar-refractivity contribution is 5.27. The largest absolute Gasteiger partial charge is 0.489 e. The van der Waals surface area contributed by atoms with Gasteiger partial charge in [-0.1, -0.05) is 32.9 Å². The van der Waals surface area contributed by atoms with E-state index in [1.54, 1.807) is 0 Å². The number of ether oxygens (including phenoxy) is 1. The van der Waals surface area contributed by atoms with Crippen LogP contribution in [0.2, 0.25) is 0 Å². The molecule has 0 heterocycles. The summed E-state index contributed by atoms with van der Waals surface area (Å²) in [6, 6.07) is 8.94. The fraction of sp³-hybridized carbons (Fsp3) is 0.684. The van der Waals surface area contributed by atoms with E-state index in [1.807, 2.05) is 0 Å². The van der Waals surface area contributed by atoms with Gasteiger partial charge in [-0.25, -0.2) is 0 Å². The molecule has 0 aliphatic heterocycles. The number of hydrogen-bond acceptors (Lipinski definition) is 2. The Bertz CT molecular complexity index is 429. The lowest BCUT2D eigenvalue weighted by molar-refractivity contribution is 0.0719. The highest BCUT2D eigenvalue weighted by Gasteiger charge is 2.32. The first kappa shape index (κ1) is 16.4. The molecule has 0 radical (unpaired) electrons. The van der Waals surface area contributed by atoms with Crippen LogP contribution in [0.15, 0.2) is 24.3 Å². The Labute approximate surface area is 130 Å². The fourth-order valence-corrected chi connectivity index (χ4v) is 3.32. The molecule has 3 atom stereocenters. The van der Waals surface area contributed by atoms with Gasteiger partial charge in [0.25, 0.3) is 0 Å². The molecule has 118 valence electrons. The maximum absolute atomic E-state index is 6.36. The molecule has 1 aromatic carbocycles. The molecule has 1 N–H and O–H groups in total. The third-order valence-electron chi connectivity index (χ3n) is 4.71. The van der Waals surface area contributed by atoms with Crippen LogP contribution in [0.1, 0.15) is 52.0 Å². The van der Waals surface area contributed by atoms with Crippen LogP contribution in [0.25, 0.3) is 0 Å². The molecule has 0 aromatic heterocycles. The summed E-state index contributed by atoms with van der Waals surface area (Å²) in [5.74, 6) is 2.56. The number of rotatable bonds is 6. The van der Waals surface area contributed by atoms with E-state index in [2.05, 4.69) is 57.3 Å². The second-order valence-electron chi connectivity index (χ2n) is 6.85. The Morgan fingerprint density at radius 2 is 2.10 bits per heavy atom. The molecule has 0 spiro atoms.